The molecule has 4 aliphatic rings. The van der Waals surface area contributed by atoms with Crippen molar-refractivity contribution in [3.8, 4) is 23.3 Å². The number of anilines is 3. The number of carbonyl (C=O) groups is 3. The lowest BCUT2D eigenvalue weighted by Gasteiger charge is -2.37. The van der Waals surface area contributed by atoms with Crippen LogP contribution in [-0.4, -0.2) is 138 Å². The van der Waals surface area contributed by atoms with Crippen LogP contribution < -0.4 is 30.6 Å². The van der Waals surface area contributed by atoms with E-state index >= 15 is 8.78 Å². The predicted molar refractivity (Wildman–Crippen MR) is 247 cm³/mol. The molecule has 20 nitrogen and oxygen atoms in total. The average molecular weight is 967 g/mol. The fraction of sp³-hybridized carbons (Fsp3) is 0.391. The van der Waals surface area contributed by atoms with E-state index < -0.39 is 44.8 Å². The summed E-state index contributed by atoms with van der Waals surface area (Å²) in [4.78, 5) is 70.0. The van der Waals surface area contributed by atoms with Gasteiger partial charge in [-0.15, -0.1) is 0 Å². The van der Waals surface area contributed by atoms with Crippen LogP contribution in [0, 0.1) is 23.0 Å². The molecule has 360 valence electrons. The fourth-order valence-electron chi connectivity index (χ4n) is 9.06. The second-order valence-corrected chi connectivity index (χ2v) is 18.9. The van der Waals surface area contributed by atoms with Gasteiger partial charge in [-0.05, 0) is 92.7 Å². The molecule has 3 aromatic carbocycles. The monoisotopic (exact) mass is 966 g/mol. The first-order chi connectivity index (χ1) is 33.3. The number of ether oxygens (including phenoxy) is 2. The maximum absolute atomic E-state index is 15.3. The number of hydrogen-bond acceptors (Lipinski definition) is 15. The van der Waals surface area contributed by atoms with Gasteiger partial charge in [0.25, 0.3) is 5.56 Å². The minimum Gasteiger partial charge on any atom is -0.453 e. The predicted octanol–water partition coefficient (Wildman–Crippen LogP) is 3.24. The normalized spacial score (nSPS) is 19.6. The number of fused-ring (bicyclic) bond motifs is 1. The summed E-state index contributed by atoms with van der Waals surface area (Å²) in [5.41, 5.74) is 0.603. The third-order valence-electron chi connectivity index (χ3n) is 13.0. The third kappa shape index (κ3) is 10.2. The number of hydrogen-bond donors (Lipinski definition) is 3. The highest BCUT2D eigenvalue weighted by molar-refractivity contribution is 7.90. The van der Waals surface area contributed by atoms with Crippen LogP contribution in [-0.2, 0) is 29.3 Å². The van der Waals surface area contributed by atoms with Crippen LogP contribution >= 0.6 is 0 Å². The maximum atomic E-state index is 15.3. The Morgan fingerprint density at radius 1 is 0.913 bits per heavy atom. The minimum atomic E-state index is -4.12. The molecule has 0 aliphatic carbocycles. The van der Waals surface area contributed by atoms with Crippen molar-refractivity contribution >= 4 is 56.2 Å². The van der Waals surface area contributed by atoms with Crippen molar-refractivity contribution in [2.24, 2.45) is 0 Å². The van der Waals surface area contributed by atoms with Gasteiger partial charge in [-0.25, -0.2) is 23.7 Å². The Kier molecular flexibility index (Phi) is 13.5. The van der Waals surface area contributed by atoms with Crippen LogP contribution in [0.2, 0.25) is 0 Å². The van der Waals surface area contributed by atoms with E-state index in [0.717, 1.165) is 12.1 Å². The van der Waals surface area contributed by atoms with Gasteiger partial charge in [-0.1, -0.05) is 6.07 Å². The SMILES string of the molecule is CO[C@@H]1CCN(S(=O)(=O)Nc2ccc(F)c(Oc3ccc4ncn(-c5cnc(N6CCN(C(=O)CN7CCC(c8ccc(N[C@H]9CCC(=O)NC9=O)cc8F)CC7)CC6)nc5)c(=O)c4c3)c2C#N)C1. The van der Waals surface area contributed by atoms with E-state index in [1.54, 1.807) is 12.1 Å². The molecule has 0 radical (unpaired) electrons. The summed E-state index contributed by atoms with van der Waals surface area (Å²) in [5.74, 6) is -2.16. The molecule has 6 heterocycles. The number of nitriles is 1. The number of piperazine rings is 1. The van der Waals surface area contributed by atoms with Crippen molar-refractivity contribution in [3.63, 3.8) is 0 Å². The third-order valence-corrected chi connectivity index (χ3v) is 14.5. The molecule has 4 saturated heterocycles. The van der Waals surface area contributed by atoms with Gasteiger partial charge in [-0.2, -0.15) is 18.0 Å². The molecule has 3 N–H and O–H groups in total. The number of likely N-dealkylation sites (tertiary alicyclic amines) is 1. The summed E-state index contributed by atoms with van der Waals surface area (Å²) in [6.45, 7) is 3.72. The molecule has 5 aromatic rings. The molecule has 23 heteroatoms. The van der Waals surface area contributed by atoms with Gasteiger partial charge in [0.15, 0.2) is 11.6 Å². The number of amides is 3. The number of rotatable bonds is 13. The van der Waals surface area contributed by atoms with Crippen molar-refractivity contribution in [1.82, 2.24) is 38.9 Å². The van der Waals surface area contributed by atoms with E-state index in [2.05, 4.69) is 35.2 Å². The molecular formula is C46H48F2N12O8S. The maximum Gasteiger partial charge on any atom is 0.301 e. The van der Waals surface area contributed by atoms with Gasteiger partial charge in [0.05, 0.1) is 47.3 Å². The zero-order valence-corrected chi connectivity index (χ0v) is 38.3. The van der Waals surface area contributed by atoms with Crippen LogP contribution in [0.3, 0.4) is 0 Å². The molecule has 0 saturated carbocycles. The van der Waals surface area contributed by atoms with E-state index in [9.17, 15) is 32.9 Å². The van der Waals surface area contributed by atoms with Gasteiger partial charge < -0.3 is 24.6 Å². The number of aromatic nitrogens is 4. The average Bonchev–Trinajstić information content (AvgIpc) is 3.85. The topological polar surface area (TPSA) is 237 Å². The molecule has 0 bridgehead atoms. The first kappa shape index (κ1) is 47.0. The Balaban J connectivity index is 0.781. The first-order valence-electron chi connectivity index (χ1n) is 22.5. The van der Waals surface area contributed by atoms with Gasteiger partial charge in [-0.3, -0.25) is 38.7 Å². The molecule has 4 fully saturated rings. The van der Waals surface area contributed by atoms with Crippen molar-refractivity contribution in [1.29, 1.82) is 5.26 Å². The molecular weight excluding hydrogens is 919 g/mol. The molecule has 0 spiro atoms. The van der Waals surface area contributed by atoms with E-state index in [-0.39, 0.29) is 72.5 Å². The second-order valence-electron chi connectivity index (χ2n) is 17.3. The smallest absolute Gasteiger partial charge is 0.301 e. The summed E-state index contributed by atoms with van der Waals surface area (Å²) >= 11 is 0. The minimum absolute atomic E-state index is 0.00187. The molecule has 2 aromatic heterocycles. The number of piperidine rings is 2. The number of imide groups is 1. The van der Waals surface area contributed by atoms with Gasteiger partial charge in [0.2, 0.25) is 23.7 Å². The number of halogens is 2. The van der Waals surface area contributed by atoms with Crippen LogP contribution in [0.4, 0.5) is 26.1 Å². The standard InChI is InChI=1S/C46H48F2N12O8S/c1-67-32-12-15-59(25-32)69(65,66)55-39-7-5-36(47)43(35(39)22-49)68-31-3-6-38-34(21-31)45(64)60(27-52-38)30-23-50-46(51-24-30)58-18-16-57(17-19-58)42(62)26-56-13-10-28(11-14-56)33-4-2-29(20-37(33)48)53-40-8-9-41(61)54-44(40)63/h2-7,20-21,23-24,27-28,32,40,53,55H,8-19,25-26H2,1H3,(H,54,61,63)/t32-,40+/m1/s1. The Hall–Kier alpha value is -7.13. The van der Waals surface area contributed by atoms with Crippen molar-refractivity contribution in [2.75, 3.05) is 81.0 Å². The molecule has 2 atom stereocenters. The highest BCUT2D eigenvalue weighted by atomic mass is 32.2. The zero-order valence-electron chi connectivity index (χ0n) is 37.4. The van der Waals surface area contributed by atoms with E-state index in [1.807, 2.05) is 15.9 Å². The highest BCUT2D eigenvalue weighted by Gasteiger charge is 2.33. The zero-order chi connectivity index (χ0) is 48.4. The van der Waals surface area contributed by atoms with E-state index in [1.165, 1.54) is 59.0 Å². The summed E-state index contributed by atoms with van der Waals surface area (Å²) in [6, 6.07) is 12.5. The Bertz CT molecular complexity index is 3010. The van der Waals surface area contributed by atoms with Gasteiger partial charge in [0.1, 0.15) is 35.6 Å². The van der Waals surface area contributed by atoms with E-state index in [0.29, 0.717) is 93.4 Å². The van der Waals surface area contributed by atoms with Crippen LogP contribution in [0.25, 0.3) is 16.6 Å². The Morgan fingerprint density at radius 3 is 2.38 bits per heavy atom. The quantitative estimate of drug-likeness (QED) is 0.144. The van der Waals surface area contributed by atoms with Crippen LogP contribution in [0.1, 0.15) is 49.1 Å². The Morgan fingerprint density at radius 2 is 1.68 bits per heavy atom. The second kappa shape index (κ2) is 19.8. The number of benzene rings is 3. The summed E-state index contributed by atoms with van der Waals surface area (Å²) in [7, 11) is -2.62. The number of methoxy groups -OCH3 is 1. The molecule has 69 heavy (non-hydrogen) atoms. The van der Waals surface area contributed by atoms with Crippen molar-refractivity contribution < 1.29 is 41.1 Å². The molecule has 0 unspecified atom stereocenters. The van der Waals surface area contributed by atoms with Crippen LogP contribution in [0.15, 0.2) is 72.0 Å². The van der Waals surface area contributed by atoms with E-state index in [4.69, 9.17) is 9.47 Å². The van der Waals surface area contributed by atoms with Crippen molar-refractivity contribution in [3.05, 3.63) is 100 Å². The van der Waals surface area contributed by atoms with Gasteiger partial charge in [0, 0.05) is 58.5 Å². The van der Waals surface area contributed by atoms with Crippen molar-refractivity contribution in [2.45, 2.75) is 50.2 Å². The summed E-state index contributed by atoms with van der Waals surface area (Å²) < 4.78 is 72.6. The number of nitrogens with one attached hydrogen (secondary N) is 3. The largest absolute Gasteiger partial charge is 0.453 e. The first-order valence-corrected chi connectivity index (χ1v) is 23.9. The highest BCUT2D eigenvalue weighted by Crippen LogP contribution is 2.35. The lowest BCUT2D eigenvalue weighted by molar-refractivity contribution is -0.134. The summed E-state index contributed by atoms with van der Waals surface area (Å²) in [6.07, 6.45) is 6.45. The molecule has 4 aliphatic heterocycles. The van der Waals surface area contributed by atoms with Gasteiger partial charge >= 0.3 is 10.2 Å². The number of carbonyl (C=O) groups excluding carboxylic acids is 3. The molecule has 3 amide bonds. The number of nitrogens with zero attached hydrogens (tertiary/aromatic N) is 9. The fourth-order valence-corrected chi connectivity index (χ4v) is 10.3. The summed E-state index contributed by atoms with van der Waals surface area (Å²) in [5, 5.41) is 15.4. The lowest BCUT2D eigenvalue weighted by Crippen LogP contribution is -2.52. The van der Waals surface area contributed by atoms with Crippen LogP contribution in [0.5, 0.6) is 11.5 Å². The Labute approximate surface area is 395 Å². The lowest BCUT2D eigenvalue weighted by atomic mass is 9.89. The molecule has 9 rings (SSSR count).